The van der Waals surface area contributed by atoms with E-state index in [9.17, 15) is 23.9 Å². The minimum Gasteiger partial charge on any atom is -0.480 e. The summed E-state index contributed by atoms with van der Waals surface area (Å²) in [6, 6.07) is 10.4. The Hall–Kier alpha value is -3.50. The van der Waals surface area contributed by atoms with E-state index in [1.54, 1.807) is 12.1 Å². The average Bonchev–Trinajstić information content (AvgIpc) is 3.41. The molecule has 2 heterocycles. The predicted octanol–water partition coefficient (Wildman–Crippen LogP) is 1.78. The number of benzene rings is 2. The van der Waals surface area contributed by atoms with Crippen LogP contribution in [0.3, 0.4) is 0 Å². The van der Waals surface area contributed by atoms with E-state index in [2.05, 4.69) is 5.32 Å². The molecule has 10 heteroatoms. The third-order valence-corrected chi connectivity index (χ3v) is 5.33. The first-order chi connectivity index (χ1) is 15.4. The second kappa shape index (κ2) is 8.93. The molecule has 4 rings (SSSR count). The molecule has 1 atom stereocenters. The van der Waals surface area contributed by atoms with E-state index in [0.29, 0.717) is 17.1 Å². The zero-order chi connectivity index (χ0) is 22.7. The van der Waals surface area contributed by atoms with E-state index in [1.807, 2.05) is 0 Å². The summed E-state index contributed by atoms with van der Waals surface area (Å²) in [5.41, 5.74) is 0.291. The van der Waals surface area contributed by atoms with Crippen molar-refractivity contribution < 1.29 is 38.1 Å². The van der Waals surface area contributed by atoms with E-state index in [0.717, 1.165) is 4.90 Å². The Bertz CT molecular complexity index is 1000. The number of carbonyl (C=O) groups is 3. The Morgan fingerprint density at radius 3 is 2.25 bits per heavy atom. The quantitative estimate of drug-likeness (QED) is 0.698. The molecule has 168 valence electrons. The molecular formula is C22H21FN2O7. The summed E-state index contributed by atoms with van der Waals surface area (Å²) in [6.45, 7) is 0.320. The van der Waals surface area contributed by atoms with Crippen molar-refractivity contribution in [2.75, 3.05) is 26.3 Å². The normalized spacial score (nSPS) is 19.2. The number of carbonyl (C=O) groups excluding carboxylic acids is 2. The van der Waals surface area contributed by atoms with Crippen LogP contribution in [0.2, 0.25) is 0 Å². The van der Waals surface area contributed by atoms with Crippen LogP contribution in [0.15, 0.2) is 48.5 Å². The lowest BCUT2D eigenvalue weighted by Gasteiger charge is -2.30. The van der Waals surface area contributed by atoms with Crippen molar-refractivity contribution in [2.24, 2.45) is 0 Å². The van der Waals surface area contributed by atoms with Crippen molar-refractivity contribution in [3.05, 3.63) is 59.9 Å². The molecule has 2 aromatic carbocycles. The number of rotatable bonds is 6. The van der Waals surface area contributed by atoms with Crippen LogP contribution in [0.25, 0.3) is 0 Å². The molecule has 1 spiro atoms. The number of hydrogen-bond donors (Lipinski definition) is 2. The smallest absolute Gasteiger partial charge is 0.332 e. The fourth-order valence-corrected chi connectivity index (χ4v) is 3.81. The third kappa shape index (κ3) is 4.41. The summed E-state index contributed by atoms with van der Waals surface area (Å²) in [5, 5.41) is 12.1. The van der Waals surface area contributed by atoms with Crippen LogP contribution < -0.4 is 10.1 Å². The van der Waals surface area contributed by atoms with Crippen LogP contribution in [0.5, 0.6) is 11.5 Å². The van der Waals surface area contributed by atoms with Gasteiger partial charge in [0.15, 0.2) is 6.04 Å². The highest BCUT2D eigenvalue weighted by Crippen LogP contribution is 2.36. The molecular weight excluding hydrogens is 423 g/mol. The van der Waals surface area contributed by atoms with E-state index in [1.165, 1.54) is 36.4 Å². The van der Waals surface area contributed by atoms with Crippen LogP contribution in [0.4, 0.5) is 4.39 Å². The van der Waals surface area contributed by atoms with Crippen molar-refractivity contribution in [1.29, 1.82) is 0 Å². The van der Waals surface area contributed by atoms with E-state index < -0.39 is 29.6 Å². The van der Waals surface area contributed by atoms with Crippen LogP contribution in [0.1, 0.15) is 16.8 Å². The van der Waals surface area contributed by atoms with Gasteiger partial charge in [-0.2, -0.15) is 0 Å². The largest absolute Gasteiger partial charge is 0.480 e. The molecule has 32 heavy (non-hydrogen) atoms. The maximum Gasteiger partial charge on any atom is 0.332 e. The van der Waals surface area contributed by atoms with Gasteiger partial charge in [-0.3, -0.25) is 9.59 Å². The number of hydrogen-bond acceptors (Lipinski definition) is 6. The molecule has 2 amide bonds. The van der Waals surface area contributed by atoms with Crippen molar-refractivity contribution >= 4 is 17.8 Å². The van der Waals surface area contributed by atoms with Gasteiger partial charge >= 0.3 is 5.97 Å². The average molecular weight is 444 g/mol. The van der Waals surface area contributed by atoms with Gasteiger partial charge in [0.05, 0.1) is 19.8 Å². The second-order valence-corrected chi connectivity index (χ2v) is 7.35. The Morgan fingerprint density at radius 2 is 1.66 bits per heavy atom. The summed E-state index contributed by atoms with van der Waals surface area (Å²) < 4.78 is 29.5. The molecule has 2 aliphatic rings. The zero-order valence-corrected chi connectivity index (χ0v) is 17.0. The first kappa shape index (κ1) is 21.7. The summed E-state index contributed by atoms with van der Waals surface area (Å²) in [6.07, 6.45) is 0.249. The fourth-order valence-electron chi connectivity index (χ4n) is 3.81. The SMILES string of the molecule is O=C(NCC(=O)N1CCC2(OCCO2)[C@H]1C(=O)O)c1ccc(Oc2ccc(F)cc2)cc1. The molecule has 0 saturated carbocycles. The molecule has 2 saturated heterocycles. The monoisotopic (exact) mass is 444 g/mol. The molecule has 2 aliphatic heterocycles. The highest BCUT2D eigenvalue weighted by Gasteiger charge is 2.57. The Kier molecular flexibility index (Phi) is 6.06. The number of nitrogens with zero attached hydrogens (tertiary/aromatic N) is 1. The molecule has 0 radical (unpaired) electrons. The lowest BCUT2D eigenvalue weighted by Crippen LogP contribution is -2.54. The minimum absolute atomic E-state index is 0.154. The molecule has 2 aromatic rings. The minimum atomic E-state index is -1.33. The van der Waals surface area contributed by atoms with Crippen molar-refractivity contribution in [2.45, 2.75) is 18.2 Å². The lowest BCUT2D eigenvalue weighted by molar-refractivity contribution is -0.191. The number of aliphatic carboxylic acids is 1. The zero-order valence-electron chi connectivity index (χ0n) is 17.0. The number of carboxylic acids is 1. The van der Waals surface area contributed by atoms with E-state index in [4.69, 9.17) is 14.2 Å². The van der Waals surface area contributed by atoms with Gasteiger partial charge in [-0.05, 0) is 48.5 Å². The van der Waals surface area contributed by atoms with E-state index >= 15 is 0 Å². The van der Waals surface area contributed by atoms with Gasteiger partial charge in [0.25, 0.3) is 5.91 Å². The number of nitrogens with one attached hydrogen (secondary N) is 1. The number of amides is 2. The van der Waals surface area contributed by atoms with Crippen LogP contribution >= 0.6 is 0 Å². The standard InChI is InChI=1S/C22H21FN2O7/c23-15-3-7-17(8-4-15)32-16-5-1-14(2-6-16)20(27)24-13-18(26)25-10-9-22(19(25)21(28)29)30-11-12-31-22/h1-8,19H,9-13H2,(H,24,27)(H,28,29)/t19-/m1/s1. The summed E-state index contributed by atoms with van der Waals surface area (Å²) in [4.78, 5) is 37.9. The summed E-state index contributed by atoms with van der Waals surface area (Å²) in [7, 11) is 0. The highest BCUT2D eigenvalue weighted by molar-refractivity contribution is 5.97. The third-order valence-electron chi connectivity index (χ3n) is 5.33. The van der Waals surface area contributed by atoms with Gasteiger partial charge in [0.2, 0.25) is 11.7 Å². The molecule has 0 aromatic heterocycles. The fraction of sp³-hybridized carbons (Fsp3) is 0.318. The molecule has 0 unspecified atom stereocenters. The summed E-state index contributed by atoms with van der Waals surface area (Å²) >= 11 is 0. The molecule has 0 aliphatic carbocycles. The van der Waals surface area contributed by atoms with E-state index in [-0.39, 0.29) is 38.5 Å². The highest BCUT2D eigenvalue weighted by atomic mass is 19.1. The van der Waals surface area contributed by atoms with Crippen LogP contribution in [-0.2, 0) is 19.1 Å². The maximum atomic E-state index is 13.0. The Labute approximate surface area is 182 Å². The van der Waals surface area contributed by atoms with Crippen molar-refractivity contribution in [3.8, 4) is 11.5 Å². The molecule has 2 N–H and O–H groups in total. The molecule has 9 nitrogen and oxygen atoms in total. The van der Waals surface area contributed by atoms with Crippen molar-refractivity contribution in [1.82, 2.24) is 10.2 Å². The first-order valence-electron chi connectivity index (χ1n) is 10.00. The van der Waals surface area contributed by atoms with Gasteiger partial charge in [-0.15, -0.1) is 0 Å². The lowest BCUT2D eigenvalue weighted by atomic mass is 10.1. The number of halogens is 1. The summed E-state index contributed by atoms with van der Waals surface area (Å²) in [5.74, 6) is -3.07. The number of likely N-dealkylation sites (tertiary alicyclic amines) is 1. The number of ether oxygens (including phenoxy) is 3. The van der Waals surface area contributed by atoms with Gasteiger partial charge in [0, 0.05) is 18.5 Å². The van der Waals surface area contributed by atoms with Gasteiger partial charge in [-0.1, -0.05) is 0 Å². The Morgan fingerprint density at radius 1 is 1.06 bits per heavy atom. The van der Waals surface area contributed by atoms with Gasteiger partial charge in [0.1, 0.15) is 17.3 Å². The van der Waals surface area contributed by atoms with Crippen molar-refractivity contribution in [3.63, 3.8) is 0 Å². The topological polar surface area (TPSA) is 114 Å². The number of carboxylic acid groups (broad SMARTS) is 1. The Balaban J connectivity index is 1.33. The molecule has 2 fully saturated rings. The van der Waals surface area contributed by atoms with Gasteiger partial charge < -0.3 is 29.5 Å². The van der Waals surface area contributed by atoms with Gasteiger partial charge in [-0.25, -0.2) is 9.18 Å². The van der Waals surface area contributed by atoms with Crippen LogP contribution in [-0.4, -0.2) is 65.9 Å². The van der Waals surface area contributed by atoms with Crippen LogP contribution in [0, 0.1) is 5.82 Å². The first-order valence-corrected chi connectivity index (χ1v) is 10.00. The maximum absolute atomic E-state index is 13.0. The predicted molar refractivity (Wildman–Crippen MR) is 108 cm³/mol. The second-order valence-electron chi connectivity index (χ2n) is 7.35. The molecule has 0 bridgehead atoms.